The highest BCUT2D eigenvalue weighted by Crippen LogP contribution is 2.44. The molecule has 0 radical (unpaired) electrons. The first-order chi connectivity index (χ1) is 13.1. The van der Waals surface area contributed by atoms with Gasteiger partial charge in [-0.2, -0.15) is 0 Å². The Kier molecular flexibility index (Phi) is 5.84. The van der Waals surface area contributed by atoms with E-state index in [4.69, 9.17) is 5.73 Å². The van der Waals surface area contributed by atoms with Crippen LogP contribution in [-0.2, 0) is 22.4 Å². The maximum Gasteiger partial charge on any atom is 0.251 e. The molecule has 0 spiro atoms. The third kappa shape index (κ3) is 4.09. The molecule has 2 amide bonds. The fourth-order valence-electron chi connectivity index (χ4n) is 4.61. The number of rotatable bonds is 4. The second-order valence-electron chi connectivity index (χ2n) is 9.18. The van der Waals surface area contributed by atoms with Crippen molar-refractivity contribution in [3.05, 3.63) is 16.0 Å². The summed E-state index contributed by atoms with van der Waals surface area (Å²) in [5.41, 5.74) is 7.17. The lowest BCUT2D eigenvalue weighted by Gasteiger charge is -2.33. The van der Waals surface area contributed by atoms with Crippen LogP contribution in [0.5, 0.6) is 0 Å². The van der Waals surface area contributed by atoms with Crippen LogP contribution in [0, 0.1) is 23.2 Å². The van der Waals surface area contributed by atoms with Gasteiger partial charge in [-0.05, 0) is 49.0 Å². The van der Waals surface area contributed by atoms with Crippen LogP contribution in [-0.4, -0.2) is 17.8 Å². The van der Waals surface area contributed by atoms with Gasteiger partial charge in [0.25, 0.3) is 5.91 Å². The first-order valence-corrected chi connectivity index (χ1v) is 10.9. The van der Waals surface area contributed by atoms with Gasteiger partial charge in [0.2, 0.25) is 5.91 Å². The minimum atomic E-state index is -1.17. The highest BCUT2D eigenvalue weighted by atomic mass is 32.1. The normalized spacial score (nSPS) is 25.0. The van der Waals surface area contributed by atoms with E-state index in [1.54, 1.807) is 0 Å². The van der Waals surface area contributed by atoms with Crippen molar-refractivity contribution >= 4 is 34.1 Å². The van der Waals surface area contributed by atoms with Gasteiger partial charge < -0.3 is 21.0 Å². The molecule has 0 aromatic carbocycles. The fourth-order valence-corrected chi connectivity index (χ4v) is 5.94. The van der Waals surface area contributed by atoms with Crippen LogP contribution in [0.25, 0.3) is 0 Å². The Morgan fingerprint density at radius 3 is 2.32 bits per heavy atom. The molecule has 154 valence electrons. The Labute approximate surface area is 169 Å². The van der Waals surface area contributed by atoms with Gasteiger partial charge in [0.05, 0.1) is 5.56 Å². The van der Waals surface area contributed by atoms with Crippen LogP contribution in [0.4, 0.5) is 5.00 Å². The van der Waals surface area contributed by atoms with Crippen molar-refractivity contribution in [2.45, 2.75) is 65.7 Å². The Bertz CT molecular complexity index is 793. The average Bonchev–Trinajstić information content (AvgIpc) is 2.97. The number of carboxylic acid groups (broad SMARTS) is 1. The predicted octanol–water partition coefficient (Wildman–Crippen LogP) is 2.49. The molecule has 1 aromatic rings. The molecule has 2 aliphatic rings. The van der Waals surface area contributed by atoms with Crippen LogP contribution >= 0.6 is 11.3 Å². The number of carbonyl (C=O) groups excluding carboxylic acids is 3. The molecule has 7 heteroatoms. The zero-order chi connectivity index (χ0) is 20.6. The van der Waals surface area contributed by atoms with Crippen LogP contribution in [0.15, 0.2) is 0 Å². The molecule has 0 aliphatic heterocycles. The molecule has 1 saturated carbocycles. The summed E-state index contributed by atoms with van der Waals surface area (Å²) in [5.74, 6) is -2.95. The first-order valence-electron chi connectivity index (χ1n) is 10.1. The predicted molar refractivity (Wildman–Crippen MR) is 107 cm³/mol. The second-order valence-corrected chi connectivity index (χ2v) is 10.3. The van der Waals surface area contributed by atoms with E-state index < -0.39 is 23.7 Å². The summed E-state index contributed by atoms with van der Waals surface area (Å²) in [4.78, 5) is 37.5. The lowest BCUT2D eigenvalue weighted by atomic mass is 9.72. The summed E-state index contributed by atoms with van der Waals surface area (Å²) in [6.45, 7) is 6.66. The van der Waals surface area contributed by atoms with Crippen LogP contribution in [0.3, 0.4) is 0 Å². The molecule has 0 bridgehead atoms. The quantitative estimate of drug-likeness (QED) is 0.801. The van der Waals surface area contributed by atoms with Gasteiger partial charge in [0.15, 0.2) is 0 Å². The summed E-state index contributed by atoms with van der Waals surface area (Å²) < 4.78 is 0. The first kappa shape index (κ1) is 20.8. The number of amides is 2. The van der Waals surface area contributed by atoms with Crippen LogP contribution in [0.1, 0.15) is 73.7 Å². The zero-order valence-electron chi connectivity index (χ0n) is 16.8. The number of nitrogens with one attached hydrogen (secondary N) is 1. The number of hydrogen-bond donors (Lipinski definition) is 2. The molecule has 3 rings (SSSR count). The van der Waals surface area contributed by atoms with Gasteiger partial charge in [-0.1, -0.05) is 33.6 Å². The standard InChI is InChI=1S/C21H30N2O4S/c1-21(2,3)11-8-9-14-15(10-11)28-19(16(14)17(22)24)23-18(25)12-6-4-5-7-13(12)20(26)27/h11-13H,4-10H2,1-3H3,(H2,22,24)(H,23,25)(H,26,27)/p-1/t11-,12-,13+/m1/s1. The Morgan fingerprint density at radius 2 is 1.75 bits per heavy atom. The topological polar surface area (TPSA) is 112 Å². The monoisotopic (exact) mass is 405 g/mol. The fraction of sp³-hybridized carbons (Fsp3) is 0.667. The van der Waals surface area contributed by atoms with Crippen molar-refractivity contribution in [1.29, 1.82) is 0 Å². The maximum atomic E-state index is 12.8. The Hall–Kier alpha value is -1.89. The number of carbonyl (C=O) groups is 3. The van der Waals surface area contributed by atoms with Gasteiger partial charge in [-0.3, -0.25) is 9.59 Å². The van der Waals surface area contributed by atoms with Gasteiger partial charge in [0, 0.05) is 22.7 Å². The number of primary amides is 1. The summed E-state index contributed by atoms with van der Waals surface area (Å²) in [5, 5.41) is 14.7. The molecule has 0 unspecified atom stereocenters. The number of nitrogens with two attached hydrogens (primary N) is 1. The molecule has 1 aromatic heterocycles. The van der Waals surface area contributed by atoms with Crippen molar-refractivity contribution < 1.29 is 19.5 Å². The lowest BCUT2D eigenvalue weighted by Crippen LogP contribution is -2.42. The van der Waals surface area contributed by atoms with Gasteiger partial charge >= 0.3 is 0 Å². The summed E-state index contributed by atoms with van der Waals surface area (Å²) >= 11 is 1.42. The van der Waals surface area contributed by atoms with Gasteiger partial charge in [0.1, 0.15) is 5.00 Å². The van der Waals surface area contributed by atoms with Crippen molar-refractivity contribution in [3.8, 4) is 0 Å². The summed E-state index contributed by atoms with van der Waals surface area (Å²) in [6, 6.07) is 0. The molecule has 1 heterocycles. The third-order valence-electron chi connectivity index (χ3n) is 6.38. The molecular weight excluding hydrogens is 376 g/mol. The summed E-state index contributed by atoms with van der Waals surface area (Å²) in [6.07, 6.45) is 5.20. The number of thiophene rings is 1. The number of aliphatic carboxylic acids is 1. The molecular formula is C21H29N2O4S-. The van der Waals surface area contributed by atoms with Crippen molar-refractivity contribution in [1.82, 2.24) is 0 Å². The Morgan fingerprint density at radius 1 is 1.11 bits per heavy atom. The molecule has 1 fully saturated rings. The SMILES string of the molecule is CC(C)(C)[C@@H]1CCc2c(sc(NC(=O)[C@@H]3CCCC[C@@H]3C(=O)[O-])c2C(N)=O)C1. The van der Waals surface area contributed by atoms with E-state index in [0.717, 1.165) is 42.5 Å². The van der Waals surface area contributed by atoms with E-state index in [1.165, 1.54) is 11.3 Å². The molecule has 3 N–H and O–H groups in total. The highest BCUT2D eigenvalue weighted by Gasteiger charge is 2.36. The van der Waals surface area contributed by atoms with Crippen molar-refractivity contribution in [2.24, 2.45) is 28.9 Å². The minimum Gasteiger partial charge on any atom is -0.550 e. The average molecular weight is 406 g/mol. The van der Waals surface area contributed by atoms with Crippen molar-refractivity contribution in [2.75, 3.05) is 5.32 Å². The van der Waals surface area contributed by atoms with E-state index in [1.807, 2.05) is 0 Å². The number of fused-ring (bicyclic) bond motifs is 1. The highest BCUT2D eigenvalue weighted by molar-refractivity contribution is 7.17. The van der Waals surface area contributed by atoms with Crippen molar-refractivity contribution in [3.63, 3.8) is 0 Å². The number of carboxylic acids is 1. The molecule has 6 nitrogen and oxygen atoms in total. The summed E-state index contributed by atoms with van der Waals surface area (Å²) in [7, 11) is 0. The van der Waals surface area contributed by atoms with Gasteiger partial charge in [-0.25, -0.2) is 0 Å². The minimum absolute atomic E-state index is 0.168. The van der Waals surface area contributed by atoms with Crippen LogP contribution in [0.2, 0.25) is 0 Å². The second kappa shape index (κ2) is 7.85. The number of anilines is 1. The Balaban J connectivity index is 1.86. The lowest BCUT2D eigenvalue weighted by molar-refractivity contribution is -0.313. The van der Waals surface area contributed by atoms with Gasteiger partial charge in [-0.15, -0.1) is 11.3 Å². The molecule has 3 atom stereocenters. The number of hydrogen-bond acceptors (Lipinski definition) is 5. The van der Waals surface area contributed by atoms with E-state index in [9.17, 15) is 19.5 Å². The molecule has 2 aliphatic carbocycles. The smallest absolute Gasteiger partial charge is 0.251 e. The largest absolute Gasteiger partial charge is 0.550 e. The van der Waals surface area contributed by atoms with E-state index >= 15 is 0 Å². The third-order valence-corrected chi connectivity index (χ3v) is 7.55. The van der Waals surface area contributed by atoms with E-state index in [2.05, 4.69) is 26.1 Å². The molecule has 0 saturated heterocycles. The van der Waals surface area contributed by atoms with E-state index in [-0.39, 0.29) is 11.3 Å². The maximum absolute atomic E-state index is 12.8. The van der Waals surface area contributed by atoms with Crippen LogP contribution < -0.4 is 16.2 Å². The molecule has 28 heavy (non-hydrogen) atoms. The van der Waals surface area contributed by atoms with E-state index in [0.29, 0.717) is 29.3 Å². The zero-order valence-corrected chi connectivity index (χ0v) is 17.6.